The highest BCUT2D eigenvalue weighted by molar-refractivity contribution is 5.83. The van der Waals surface area contributed by atoms with Crippen molar-refractivity contribution in [1.29, 1.82) is 0 Å². The molecule has 1 nitrogen and oxygen atoms in total. The van der Waals surface area contributed by atoms with Gasteiger partial charge < -0.3 is 0 Å². The molecule has 0 saturated carbocycles. The van der Waals surface area contributed by atoms with Gasteiger partial charge in [0.15, 0.2) is 0 Å². The van der Waals surface area contributed by atoms with E-state index < -0.39 is 0 Å². The predicted octanol–water partition coefficient (Wildman–Crippen LogP) is 4.73. The van der Waals surface area contributed by atoms with Gasteiger partial charge in [0.05, 0.1) is 0 Å². The summed E-state index contributed by atoms with van der Waals surface area (Å²) in [6.45, 7) is 12.7. The van der Waals surface area contributed by atoms with Crippen LogP contribution in [0.5, 0.6) is 0 Å². The summed E-state index contributed by atoms with van der Waals surface area (Å²) in [6, 6.07) is 6.57. The van der Waals surface area contributed by atoms with E-state index in [1.54, 1.807) is 0 Å². The second-order valence-corrected chi connectivity index (χ2v) is 6.51. The minimum absolute atomic E-state index is 0.135. The van der Waals surface area contributed by atoms with Crippen LogP contribution in [0.15, 0.2) is 18.2 Å². The number of carbonyl (C=O) groups is 1. The van der Waals surface area contributed by atoms with Gasteiger partial charge in [-0.1, -0.05) is 45.9 Å². The monoisotopic (exact) mass is 260 g/mol. The van der Waals surface area contributed by atoms with Crippen LogP contribution < -0.4 is 0 Å². The maximum Gasteiger partial charge on any atom is 0.138 e. The van der Waals surface area contributed by atoms with E-state index in [1.165, 1.54) is 16.7 Å². The molecule has 0 aliphatic rings. The lowest BCUT2D eigenvalue weighted by Crippen LogP contribution is -2.23. The number of aryl methyl sites for hydroxylation is 2. The Bertz CT molecular complexity index is 429. The number of ketones is 1. The molecule has 106 valence electrons. The van der Waals surface area contributed by atoms with Crippen LogP contribution in [-0.4, -0.2) is 5.78 Å². The molecule has 0 heterocycles. The first-order valence-electron chi connectivity index (χ1n) is 7.41. The lowest BCUT2D eigenvalue weighted by molar-refractivity contribution is -0.126. The fourth-order valence-corrected chi connectivity index (χ4v) is 2.56. The van der Waals surface area contributed by atoms with Gasteiger partial charge in [0.25, 0.3) is 0 Å². The van der Waals surface area contributed by atoms with Gasteiger partial charge in [-0.15, -0.1) is 0 Å². The van der Waals surface area contributed by atoms with E-state index in [2.05, 4.69) is 45.9 Å². The van der Waals surface area contributed by atoms with E-state index in [0.29, 0.717) is 11.7 Å². The largest absolute Gasteiger partial charge is 0.299 e. The average molecular weight is 260 g/mol. The summed E-state index contributed by atoms with van der Waals surface area (Å²) in [4.78, 5) is 12.3. The first-order valence-corrected chi connectivity index (χ1v) is 7.41. The smallest absolute Gasteiger partial charge is 0.138 e. The van der Waals surface area contributed by atoms with E-state index in [9.17, 15) is 4.79 Å². The minimum atomic E-state index is 0.135. The van der Waals surface area contributed by atoms with Crippen molar-refractivity contribution in [3.63, 3.8) is 0 Å². The molecule has 1 aromatic rings. The zero-order valence-electron chi connectivity index (χ0n) is 13.3. The molecule has 0 radical (unpaired) electrons. The fourth-order valence-electron chi connectivity index (χ4n) is 2.56. The van der Waals surface area contributed by atoms with Crippen molar-refractivity contribution in [1.82, 2.24) is 0 Å². The highest BCUT2D eigenvalue weighted by Gasteiger charge is 2.22. The number of rotatable bonds is 6. The molecule has 1 aromatic carbocycles. The molecule has 0 N–H and O–H groups in total. The van der Waals surface area contributed by atoms with Gasteiger partial charge >= 0.3 is 0 Å². The van der Waals surface area contributed by atoms with Crippen LogP contribution in [0.2, 0.25) is 0 Å². The van der Waals surface area contributed by atoms with Crippen molar-refractivity contribution >= 4 is 5.78 Å². The molecule has 1 atom stereocenters. The second-order valence-electron chi connectivity index (χ2n) is 6.51. The number of hydrogen-bond donors (Lipinski definition) is 0. The summed E-state index contributed by atoms with van der Waals surface area (Å²) >= 11 is 0. The van der Waals surface area contributed by atoms with Gasteiger partial charge in [-0.25, -0.2) is 0 Å². The SMILES string of the molecule is Cc1ccc(CC(CC(C)C)C(=O)C(C)C)cc1C. The Kier molecular flexibility index (Phi) is 5.78. The molecule has 1 heteroatoms. The van der Waals surface area contributed by atoms with Crippen molar-refractivity contribution in [3.05, 3.63) is 34.9 Å². The Morgan fingerprint density at radius 2 is 1.68 bits per heavy atom. The topological polar surface area (TPSA) is 17.1 Å². The third kappa shape index (κ3) is 4.81. The van der Waals surface area contributed by atoms with Crippen LogP contribution >= 0.6 is 0 Å². The van der Waals surface area contributed by atoms with Crippen LogP contribution in [-0.2, 0) is 11.2 Å². The Morgan fingerprint density at radius 3 is 2.16 bits per heavy atom. The van der Waals surface area contributed by atoms with Crippen molar-refractivity contribution in [3.8, 4) is 0 Å². The van der Waals surface area contributed by atoms with E-state index in [4.69, 9.17) is 0 Å². The average Bonchev–Trinajstić information content (AvgIpc) is 2.31. The van der Waals surface area contributed by atoms with Gasteiger partial charge in [-0.05, 0) is 49.3 Å². The molecule has 0 aromatic heterocycles. The van der Waals surface area contributed by atoms with E-state index in [-0.39, 0.29) is 11.8 Å². The molecular formula is C18H28O. The van der Waals surface area contributed by atoms with Gasteiger partial charge in [0.2, 0.25) is 0 Å². The van der Waals surface area contributed by atoms with Crippen LogP contribution in [0, 0.1) is 31.6 Å². The van der Waals surface area contributed by atoms with Gasteiger partial charge in [-0.2, -0.15) is 0 Å². The summed E-state index contributed by atoms with van der Waals surface area (Å²) in [7, 11) is 0. The van der Waals surface area contributed by atoms with Gasteiger partial charge in [0, 0.05) is 11.8 Å². The van der Waals surface area contributed by atoms with Crippen LogP contribution in [0.25, 0.3) is 0 Å². The first-order chi connectivity index (χ1) is 8.81. The summed E-state index contributed by atoms with van der Waals surface area (Å²) in [5, 5.41) is 0. The maximum atomic E-state index is 12.3. The van der Waals surface area contributed by atoms with Crippen molar-refractivity contribution in [2.45, 2.75) is 54.4 Å². The quantitative estimate of drug-likeness (QED) is 0.722. The number of hydrogen-bond acceptors (Lipinski definition) is 1. The van der Waals surface area contributed by atoms with Crippen LogP contribution in [0.3, 0.4) is 0 Å². The van der Waals surface area contributed by atoms with E-state index in [0.717, 1.165) is 12.8 Å². The fraction of sp³-hybridized carbons (Fsp3) is 0.611. The summed E-state index contributed by atoms with van der Waals surface area (Å²) < 4.78 is 0. The third-order valence-corrected chi connectivity index (χ3v) is 3.78. The standard InChI is InChI=1S/C18H28O/c1-12(2)9-17(18(19)13(3)4)11-16-8-7-14(5)15(6)10-16/h7-8,10,12-13,17H,9,11H2,1-6H3. The molecule has 0 aliphatic heterocycles. The molecule has 19 heavy (non-hydrogen) atoms. The Labute approximate surface area is 118 Å². The van der Waals surface area contributed by atoms with Crippen molar-refractivity contribution < 1.29 is 4.79 Å². The number of Topliss-reactive ketones (excluding diaryl/α,β-unsaturated/α-hetero) is 1. The molecule has 0 aliphatic carbocycles. The minimum Gasteiger partial charge on any atom is -0.299 e. The normalized spacial score (nSPS) is 13.1. The van der Waals surface area contributed by atoms with E-state index >= 15 is 0 Å². The van der Waals surface area contributed by atoms with Gasteiger partial charge in [0.1, 0.15) is 5.78 Å². The lowest BCUT2D eigenvalue weighted by atomic mass is 9.83. The summed E-state index contributed by atoms with van der Waals surface area (Å²) in [6.07, 6.45) is 1.88. The molecule has 1 unspecified atom stereocenters. The van der Waals surface area contributed by atoms with Crippen LogP contribution in [0.1, 0.15) is 50.8 Å². The first kappa shape index (κ1) is 15.9. The van der Waals surface area contributed by atoms with Gasteiger partial charge in [-0.3, -0.25) is 4.79 Å². The Morgan fingerprint density at radius 1 is 1.05 bits per heavy atom. The highest BCUT2D eigenvalue weighted by Crippen LogP contribution is 2.22. The van der Waals surface area contributed by atoms with Crippen LogP contribution in [0.4, 0.5) is 0 Å². The van der Waals surface area contributed by atoms with E-state index in [1.807, 2.05) is 13.8 Å². The highest BCUT2D eigenvalue weighted by atomic mass is 16.1. The molecular weight excluding hydrogens is 232 g/mol. The molecule has 1 rings (SSSR count). The predicted molar refractivity (Wildman–Crippen MR) is 82.4 cm³/mol. The zero-order chi connectivity index (χ0) is 14.6. The third-order valence-electron chi connectivity index (χ3n) is 3.78. The number of carbonyl (C=O) groups excluding carboxylic acids is 1. The summed E-state index contributed by atoms with van der Waals surface area (Å²) in [5.41, 5.74) is 3.93. The Balaban J connectivity index is 2.87. The zero-order valence-corrected chi connectivity index (χ0v) is 13.3. The molecule has 0 spiro atoms. The molecule has 0 saturated heterocycles. The Hall–Kier alpha value is -1.11. The lowest BCUT2D eigenvalue weighted by Gasteiger charge is -2.20. The maximum absolute atomic E-state index is 12.3. The molecule has 0 bridgehead atoms. The van der Waals surface area contributed by atoms with Crippen molar-refractivity contribution in [2.75, 3.05) is 0 Å². The summed E-state index contributed by atoms with van der Waals surface area (Å²) in [5.74, 6) is 1.28. The molecule has 0 amide bonds. The van der Waals surface area contributed by atoms with Crippen molar-refractivity contribution in [2.24, 2.45) is 17.8 Å². The molecule has 0 fully saturated rings. The number of benzene rings is 1. The second kappa shape index (κ2) is 6.88.